The number of fused-ring (bicyclic) bond motifs is 3. The SMILES string of the molecule is CC(c1ccnc(OC(F)F)c1)N1C[C@@H](C)n2nc3c(c2C1=O)CN(C(=O)c1ccc(Cl)c(C(F)(F)F)c1)[C@H](C)C3. The van der Waals surface area contributed by atoms with Crippen LogP contribution in [0.3, 0.4) is 0 Å². The zero-order valence-corrected chi connectivity index (χ0v) is 22.9. The minimum absolute atomic E-state index is 0.0308. The Morgan fingerprint density at radius 1 is 1.15 bits per heavy atom. The zero-order valence-electron chi connectivity index (χ0n) is 22.1. The molecule has 2 aromatic heterocycles. The van der Waals surface area contributed by atoms with Crippen LogP contribution in [0.2, 0.25) is 5.02 Å². The number of alkyl halides is 5. The van der Waals surface area contributed by atoms with Gasteiger partial charge in [-0.15, -0.1) is 0 Å². The van der Waals surface area contributed by atoms with Crippen LogP contribution in [0.1, 0.15) is 76.1 Å². The van der Waals surface area contributed by atoms with E-state index in [4.69, 9.17) is 11.6 Å². The second-order valence-corrected chi connectivity index (χ2v) is 10.6. The quantitative estimate of drug-likeness (QED) is 0.341. The average Bonchev–Trinajstić information content (AvgIpc) is 3.28. The van der Waals surface area contributed by atoms with Gasteiger partial charge in [0.2, 0.25) is 5.88 Å². The standard InChI is InChI=1S/C27H25ClF5N5O3/c1-13-8-21-18(12-36(13)24(39)17-4-5-20(28)19(9-17)27(31,32)33)23-25(40)37(11-14(2)38(23)35-21)15(3)16-6-7-34-22(10-16)41-26(29)30/h4-7,9-10,13-15,26H,8,11-12H2,1-3H3/t13-,14-,15?/m1/s1. The van der Waals surface area contributed by atoms with Crippen molar-refractivity contribution in [2.75, 3.05) is 6.54 Å². The van der Waals surface area contributed by atoms with Gasteiger partial charge in [0.05, 0.1) is 34.9 Å². The molecule has 3 atom stereocenters. The molecule has 0 saturated heterocycles. The summed E-state index contributed by atoms with van der Waals surface area (Å²) in [6, 6.07) is 4.78. The third-order valence-corrected chi connectivity index (χ3v) is 7.81. The predicted molar refractivity (Wildman–Crippen MR) is 137 cm³/mol. The molecule has 4 heterocycles. The molecule has 2 aliphatic heterocycles. The van der Waals surface area contributed by atoms with E-state index in [0.717, 1.165) is 12.1 Å². The number of hydrogen-bond acceptors (Lipinski definition) is 5. The fourth-order valence-corrected chi connectivity index (χ4v) is 5.58. The molecule has 0 aliphatic carbocycles. The largest absolute Gasteiger partial charge is 0.417 e. The second-order valence-electron chi connectivity index (χ2n) is 10.2. The Morgan fingerprint density at radius 2 is 1.88 bits per heavy atom. The average molecular weight is 598 g/mol. The van der Waals surface area contributed by atoms with Gasteiger partial charge in [0.25, 0.3) is 11.8 Å². The van der Waals surface area contributed by atoms with Crippen molar-refractivity contribution >= 4 is 23.4 Å². The van der Waals surface area contributed by atoms with Gasteiger partial charge in [0, 0.05) is 42.4 Å². The lowest BCUT2D eigenvalue weighted by Gasteiger charge is -2.37. The summed E-state index contributed by atoms with van der Waals surface area (Å²) in [4.78, 5) is 34.1. The molecule has 2 amide bonds. The Labute approximate surface area is 236 Å². The molecule has 218 valence electrons. The molecule has 0 radical (unpaired) electrons. The van der Waals surface area contributed by atoms with Gasteiger partial charge in [-0.25, -0.2) is 4.98 Å². The highest BCUT2D eigenvalue weighted by Crippen LogP contribution is 2.38. The fourth-order valence-electron chi connectivity index (χ4n) is 5.36. The number of ether oxygens (including phenoxy) is 1. The van der Waals surface area contributed by atoms with Crippen molar-refractivity contribution in [3.05, 3.63) is 75.2 Å². The van der Waals surface area contributed by atoms with E-state index in [1.54, 1.807) is 29.5 Å². The third kappa shape index (κ3) is 5.34. The summed E-state index contributed by atoms with van der Waals surface area (Å²) in [7, 11) is 0. The van der Waals surface area contributed by atoms with Crippen LogP contribution in [-0.4, -0.2) is 55.6 Å². The van der Waals surface area contributed by atoms with Gasteiger partial charge in [-0.3, -0.25) is 14.3 Å². The van der Waals surface area contributed by atoms with Crippen molar-refractivity contribution in [3.8, 4) is 5.88 Å². The van der Waals surface area contributed by atoms with Crippen molar-refractivity contribution in [3.63, 3.8) is 0 Å². The maximum Gasteiger partial charge on any atom is 0.417 e. The maximum atomic E-state index is 13.8. The van der Waals surface area contributed by atoms with Crippen molar-refractivity contribution in [2.24, 2.45) is 0 Å². The van der Waals surface area contributed by atoms with Crippen molar-refractivity contribution in [2.45, 2.75) is 64.7 Å². The highest BCUT2D eigenvalue weighted by Gasteiger charge is 2.41. The molecule has 5 rings (SSSR count). The Balaban J connectivity index is 1.45. The predicted octanol–water partition coefficient (Wildman–Crippen LogP) is 5.92. The molecule has 0 saturated carbocycles. The molecule has 2 aliphatic rings. The summed E-state index contributed by atoms with van der Waals surface area (Å²) >= 11 is 5.73. The summed E-state index contributed by atoms with van der Waals surface area (Å²) in [5.74, 6) is -1.27. The van der Waals surface area contributed by atoms with Crippen molar-refractivity contribution in [1.29, 1.82) is 0 Å². The lowest BCUT2D eigenvalue weighted by molar-refractivity contribution is -0.137. The number of halogens is 6. The number of nitrogens with zero attached hydrogens (tertiary/aromatic N) is 5. The summed E-state index contributed by atoms with van der Waals surface area (Å²) in [5, 5.41) is 4.15. The van der Waals surface area contributed by atoms with Crippen LogP contribution >= 0.6 is 11.6 Å². The summed E-state index contributed by atoms with van der Waals surface area (Å²) in [6.45, 7) is 2.60. The molecular formula is C27H25ClF5N5O3. The molecule has 41 heavy (non-hydrogen) atoms. The summed E-state index contributed by atoms with van der Waals surface area (Å²) < 4.78 is 71.7. The van der Waals surface area contributed by atoms with E-state index in [-0.39, 0.29) is 42.2 Å². The van der Waals surface area contributed by atoms with Gasteiger partial charge in [-0.2, -0.15) is 27.1 Å². The monoisotopic (exact) mass is 597 g/mol. The van der Waals surface area contributed by atoms with Gasteiger partial charge in [-0.05, 0) is 50.6 Å². The first-order chi connectivity index (χ1) is 19.3. The molecule has 1 aromatic carbocycles. The van der Waals surface area contributed by atoms with Crippen LogP contribution < -0.4 is 4.74 Å². The zero-order chi connectivity index (χ0) is 29.8. The number of aromatic nitrogens is 3. The summed E-state index contributed by atoms with van der Waals surface area (Å²) in [5.41, 5.74) is 0.686. The molecular weight excluding hydrogens is 573 g/mol. The van der Waals surface area contributed by atoms with Crippen molar-refractivity contribution < 1.29 is 36.3 Å². The minimum atomic E-state index is -4.73. The molecule has 0 fully saturated rings. The Morgan fingerprint density at radius 3 is 2.56 bits per heavy atom. The van der Waals surface area contributed by atoms with Crippen LogP contribution in [-0.2, 0) is 19.1 Å². The molecule has 8 nitrogen and oxygen atoms in total. The summed E-state index contributed by atoms with van der Waals surface area (Å²) in [6.07, 6.45) is -3.11. The fraction of sp³-hybridized carbons (Fsp3) is 0.407. The highest BCUT2D eigenvalue weighted by molar-refractivity contribution is 6.31. The number of rotatable bonds is 5. The van der Waals surface area contributed by atoms with Gasteiger partial charge in [0.1, 0.15) is 5.69 Å². The maximum absolute atomic E-state index is 13.8. The first-order valence-corrected chi connectivity index (χ1v) is 13.1. The molecule has 1 unspecified atom stereocenters. The third-order valence-electron chi connectivity index (χ3n) is 7.48. The topological polar surface area (TPSA) is 80.6 Å². The second kappa shape index (κ2) is 10.6. The van der Waals surface area contributed by atoms with E-state index in [9.17, 15) is 31.5 Å². The molecule has 0 spiro atoms. The number of carbonyl (C=O) groups is 2. The molecule has 3 aromatic rings. The Kier molecular flexibility index (Phi) is 7.43. The van der Waals surface area contributed by atoms with E-state index >= 15 is 0 Å². The number of pyridine rings is 1. The van der Waals surface area contributed by atoms with Crippen LogP contribution in [0.15, 0.2) is 36.5 Å². The minimum Gasteiger partial charge on any atom is -0.417 e. The van der Waals surface area contributed by atoms with E-state index < -0.39 is 41.4 Å². The van der Waals surface area contributed by atoms with E-state index in [0.29, 0.717) is 23.2 Å². The van der Waals surface area contributed by atoms with Gasteiger partial charge in [0.15, 0.2) is 0 Å². The van der Waals surface area contributed by atoms with Crippen LogP contribution in [0.5, 0.6) is 5.88 Å². The number of benzene rings is 1. The van der Waals surface area contributed by atoms with E-state index in [1.807, 2.05) is 6.92 Å². The van der Waals surface area contributed by atoms with Crippen LogP contribution in [0, 0.1) is 0 Å². The molecule has 0 bridgehead atoms. The Hall–Kier alpha value is -3.74. The first kappa shape index (κ1) is 28.8. The van der Waals surface area contributed by atoms with Gasteiger partial charge in [-0.1, -0.05) is 11.6 Å². The molecule has 14 heteroatoms. The van der Waals surface area contributed by atoms with Crippen LogP contribution in [0.4, 0.5) is 22.0 Å². The number of hydrogen-bond donors (Lipinski definition) is 0. The van der Waals surface area contributed by atoms with E-state index in [2.05, 4.69) is 14.8 Å². The number of carbonyl (C=O) groups excluding carboxylic acids is 2. The lowest BCUT2D eigenvalue weighted by atomic mass is 9.96. The van der Waals surface area contributed by atoms with Gasteiger partial charge < -0.3 is 14.5 Å². The Bertz CT molecular complexity index is 1510. The normalized spacial score (nSPS) is 19.7. The van der Waals surface area contributed by atoms with E-state index in [1.165, 1.54) is 23.2 Å². The highest BCUT2D eigenvalue weighted by atomic mass is 35.5. The number of amides is 2. The first-order valence-electron chi connectivity index (χ1n) is 12.8. The van der Waals surface area contributed by atoms with Gasteiger partial charge >= 0.3 is 12.8 Å². The van der Waals surface area contributed by atoms with Crippen LogP contribution in [0.25, 0.3) is 0 Å². The van der Waals surface area contributed by atoms with Crippen molar-refractivity contribution in [1.82, 2.24) is 24.6 Å². The lowest BCUT2D eigenvalue weighted by Crippen LogP contribution is -2.45. The molecule has 0 N–H and O–H groups in total. The smallest absolute Gasteiger partial charge is 0.417 e.